The number of carbonyl (C=O) groups is 1. The maximum atomic E-state index is 12.7. The molecule has 0 aromatic heterocycles. The molecule has 2 fully saturated rings. The molecule has 3 heteroatoms. The van der Waals surface area contributed by atoms with Gasteiger partial charge in [0.05, 0.1) is 0 Å². The standard InChI is InChI=1S/C17H32N2O/c1-3-7-14(8-4-2)17(20)19-12-6-9-15(13-19)16-10-5-11-18-16/h14-16,18H,3-13H2,1-2H3. The van der Waals surface area contributed by atoms with E-state index in [1.165, 1.54) is 32.2 Å². The predicted octanol–water partition coefficient (Wildman–Crippen LogP) is 3.19. The molecule has 0 aromatic carbocycles. The number of likely N-dealkylation sites (tertiary alicyclic amines) is 1. The third-order valence-corrected chi connectivity index (χ3v) is 5.06. The lowest BCUT2D eigenvalue weighted by Crippen LogP contribution is -2.47. The Balaban J connectivity index is 1.90. The smallest absolute Gasteiger partial charge is 0.225 e. The average molecular weight is 280 g/mol. The Morgan fingerprint density at radius 1 is 1.20 bits per heavy atom. The summed E-state index contributed by atoms with van der Waals surface area (Å²) in [6.07, 6.45) is 9.48. The number of carbonyl (C=O) groups excluding carboxylic acids is 1. The van der Waals surface area contributed by atoms with Crippen molar-refractivity contribution in [2.24, 2.45) is 11.8 Å². The fourth-order valence-electron chi connectivity index (χ4n) is 4.00. The fourth-order valence-corrected chi connectivity index (χ4v) is 4.00. The van der Waals surface area contributed by atoms with Gasteiger partial charge in [-0.1, -0.05) is 26.7 Å². The number of hydrogen-bond donors (Lipinski definition) is 1. The monoisotopic (exact) mass is 280 g/mol. The Bertz CT molecular complexity index is 293. The van der Waals surface area contributed by atoms with Crippen molar-refractivity contribution in [2.75, 3.05) is 19.6 Å². The number of amides is 1. The summed E-state index contributed by atoms with van der Waals surface area (Å²) in [5.41, 5.74) is 0. The molecule has 1 N–H and O–H groups in total. The van der Waals surface area contributed by atoms with Crippen molar-refractivity contribution >= 4 is 5.91 Å². The van der Waals surface area contributed by atoms with Crippen molar-refractivity contribution < 1.29 is 4.79 Å². The van der Waals surface area contributed by atoms with Crippen molar-refractivity contribution in [1.29, 1.82) is 0 Å². The lowest BCUT2D eigenvalue weighted by atomic mass is 9.88. The molecular weight excluding hydrogens is 248 g/mol. The summed E-state index contributed by atoms with van der Waals surface area (Å²) in [4.78, 5) is 14.9. The largest absolute Gasteiger partial charge is 0.342 e. The Morgan fingerprint density at radius 2 is 1.95 bits per heavy atom. The minimum atomic E-state index is 0.278. The number of nitrogens with zero attached hydrogens (tertiary/aromatic N) is 1. The van der Waals surface area contributed by atoms with Gasteiger partial charge >= 0.3 is 0 Å². The third kappa shape index (κ3) is 3.97. The van der Waals surface area contributed by atoms with E-state index in [-0.39, 0.29) is 5.92 Å². The van der Waals surface area contributed by atoms with Crippen LogP contribution in [0.2, 0.25) is 0 Å². The van der Waals surface area contributed by atoms with E-state index >= 15 is 0 Å². The van der Waals surface area contributed by atoms with Gasteiger partial charge in [0.1, 0.15) is 0 Å². The van der Waals surface area contributed by atoms with E-state index in [4.69, 9.17) is 0 Å². The highest BCUT2D eigenvalue weighted by atomic mass is 16.2. The molecule has 2 unspecified atom stereocenters. The Hall–Kier alpha value is -0.570. The normalized spacial score (nSPS) is 27.2. The number of nitrogens with one attached hydrogen (secondary N) is 1. The molecule has 0 spiro atoms. The van der Waals surface area contributed by atoms with Crippen LogP contribution in [-0.4, -0.2) is 36.5 Å². The zero-order valence-corrected chi connectivity index (χ0v) is 13.4. The van der Waals surface area contributed by atoms with Gasteiger partial charge < -0.3 is 10.2 Å². The van der Waals surface area contributed by atoms with Crippen molar-refractivity contribution in [3.05, 3.63) is 0 Å². The molecule has 2 rings (SSSR count). The summed E-state index contributed by atoms with van der Waals surface area (Å²) in [5.74, 6) is 1.41. The quantitative estimate of drug-likeness (QED) is 0.810. The predicted molar refractivity (Wildman–Crippen MR) is 83.6 cm³/mol. The van der Waals surface area contributed by atoms with E-state index in [0.717, 1.165) is 38.8 Å². The molecule has 0 radical (unpaired) electrons. The highest BCUT2D eigenvalue weighted by molar-refractivity contribution is 5.78. The van der Waals surface area contributed by atoms with E-state index in [1.54, 1.807) is 0 Å². The molecule has 0 aliphatic carbocycles. The van der Waals surface area contributed by atoms with Crippen LogP contribution in [0.4, 0.5) is 0 Å². The fraction of sp³-hybridized carbons (Fsp3) is 0.941. The highest BCUT2D eigenvalue weighted by Gasteiger charge is 2.32. The molecule has 0 saturated carbocycles. The molecule has 2 atom stereocenters. The topological polar surface area (TPSA) is 32.3 Å². The van der Waals surface area contributed by atoms with Crippen molar-refractivity contribution in [1.82, 2.24) is 10.2 Å². The first-order chi connectivity index (χ1) is 9.76. The number of piperidine rings is 1. The van der Waals surface area contributed by atoms with Gasteiger partial charge in [-0.25, -0.2) is 0 Å². The summed E-state index contributed by atoms with van der Waals surface area (Å²) < 4.78 is 0. The maximum Gasteiger partial charge on any atom is 0.225 e. The van der Waals surface area contributed by atoms with Crippen LogP contribution in [0.5, 0.6) is 0 Å². The zero-order valence-electron chi connectivity index (χ0n) is 13.4. The van der Waals surface area contributed by atoms with Gasteiger partial charge in [0, 0.05) is 25.0 Å². The number of hydrogen-bond acceptors (Lipinski definition) is 2. The summed E-state index contributed by atoms with van der Waals surface area (Å²) in [6.45, 7) is 7.55. The van der Waals surface area contributed by atoms with Gasteiger partial charge in [-0.2, -0.15) is 0 Å². The lowest BCUT2D eigenvalue weighted by molar-refractivity contribution is -0.138. The van der Waals surface area contributed by atoms with Crippen LogP contribution >= 0.6 is 0 Å². The van der Waals surface area contributed by atoms with Gasteiger partial charge in [-0.3, -0.25) is 4.79 Å². The van der Waals surface area contributed by atoms with Crippen molar-refractivity contribution in [2.45, 2.75) is 71.3 Å². The number of rotatable bonds is 6. The van der Waals surface area contributed by atoms with E-state index in [2.05, 4.69) is 24.1 Å². The van der Waals surface area contributed by atoms with E-state index in [9.17, 15) is 4.79 Å². The van der Waals surface area contributed by atoms with Crippen LogP contribution in [0, 0.1) is 11.8 Å². The molecule has 2 saturated heterocycles. The molecule has 0 bridgehead atoms. The van der Waals surface area contributed by atoms with Crippen LogP contribution in [0.1, 0.15) is 65.2 Å². The minimum absolute atomic E-state index is 0.278. The van der Waals surface area contributed by atoms with E-state index in [0.29, 0.717) is 17.9 Å². The van der Waals surface area contributed by atoms with E-state index < -0.39 is 0 Å². The molecule has 20 heavy (non-hydrogen) atoms. The first-order valence-corrected chi connectivity index (χ1v) is 8.78. The van der Waals surface area contributed by atoms with E-state index in [1.807, 2.05) is 0 Å². The SMILES string of the molecule is CCCC(CCC)C(=O)N1CCCC(C2CCCN2)C1. The second-order valence-electron chi connectivity index (χ2n) is 6.66. The maximum absolute atomic E-state index is 12.7. The second-order valence-corrected chi connectivity index (χ2v) is 6.66. The average Bonchev–Trinajstić information content (AvgIpc) is 3.01. The molecule has 2 aliphatic rings. The molecule has 0 aromatic rings. The molecule has 3 nitrogen and oxygen atoms in total. The van der Waals surface area contributed by atoms with Crippen LogP contribution in [0.3, 0.4) is 0 Å². The Morgan fingerprint density at radius 3 is 2.55 bits per heavy atom. The highest BCUT2D eigenvalue weighted by Crippen LogP contribution is 2.27. The van der Waals surface area contributed by atoms with Gasteiger partial charge in [-0.15, -0.1) is 0 Å². The second kappa shape index (κ2) is 8.02. The molecule has 2 aliphatic heterocycles. The Kier molecular flexibility index (Phi) is 6.34. The first kappa shape index (κ1) is 15.8. The summed E-state index contributed by atoms with van der Waals surface area (Å²) in [5, 5.41) is 3.63. The third-order valence-electron chi connectivity index (χ3n) is 5.06. The zero-order chi connectivity index (χ0) is 14.4. The molecule has 1 amide bonds. The summed E-state index contributed by atoms with van der Waals surface area (Å²) >= 11 is 0. The van der Waals surface area contributed by atoms with Crippen molar-refractivity contribution in [3.63, 3.8) is 0 Å². The minimum Gasteiger partial charge on any atom is -0.342 e. The Labute approximate surface area is 124 Å². The van der Waals surface area contributed by atoms with Gasteiger partial charge in [0.25, 0.3) is 0 Å². The van der Waals surface area contributed by atoms with Gasteiger partial charge in [0.15, 0.2) is 0 Å². The molecular formula is C17H32N2O. The van der Waals surface area contributed by atoms with Crippen LogP contribution in [0.15, 0.2) is 0 Å². The van der Waals surface area contributed by atoms with Crippen LogP contribution in [-0.2, 0) is 4.79 Å². The van der Waals surface area contributed by atoms with Crippen LogP contribution in [0.25, 0.3) is 0 Å². The van der Waals surface area contributed by atoms with Crippen LogP contribution < -0.4 is 5.32 Å². The van der Waals surface area contributed by atoms with Crippen molar-refractivity contribution in [3.8, 4) is 0 Å². The summed E-state index contributed by atoms with van der Waals surface area (Å²) in [6, 6.07) is 0.668. The summed E-state index contributed by atoms with van der Waals surface area (Å²) in [7, 11) is 0. The van der Waals surface area contributed by atoms with Gasteiger partial charge in [-0.05, 0) is 51.0 Å². The molecule has 2 heterocycles. The first-order valence-electron chi connectivity index (χ1n) is 8.78. The lowest BCUT2D eigenvalue weighted by Gasteiger charge is -2.37. The van der Waals surface area contributed by atoms with Gasteiger partial charge in [0.2, 0.25) is 5.91 Å². The molecule has 116 valence electrons.